The Balaban J connectivity index is 1.58. The Bertz CT molecular complexity index is 932. The van der Waals surface area contributed by atoms with Crippen molar-refractivity contribution in [2.75, 3.05) is 13.7 Å². The third-order valence-corrected chi connectivity index (χ3v) is 4.24. The highest BCUT2D eigenvalue weighted by molar-refractivity contribution is 5.43. The third kappa shape index (κ3) is 4.98. The lowest BCUT2D eigenvalue weighted by atomic mass is 10.2. The zero-order valence-corrected chi connectivity index (χ0v) is 16.6. The smallest absolute Gasteiger partial charge is 0.161 e. The van der Waals surface area contributed by atoms with Crippen LogP contribution < -0.4 is 14.8 Å². The van der Waals surface area contributed by atoms with Gasteiger partial charge in [0.1, 0.15) is 18.2 Å². The Morgan fingerprint density at radius 3 is 2.54 bits per heavy atom. The van der Waals surface area contributed by atoms with Crippen molar-refractivity contribution in [2.24, 2.45) is 0 Å². The molecule has 1 N–H and O–H groups in total. The molecule has 0 aliphatic heterocycles. The molecule has 2 heterocycles. The van der Waals surface area contributed by atoms with Crippen molar-refractivity contribution in [2.45, 2.75) is 26.9 Å². The molecule has 6 heteroatoms. The second kappa shape index (κ2) is 9.19. The summed E-state index contributed by atoms with van der Waals surface area (Å²) in [6.45, 7) is 9.68. The maximum Gasteiger partial charge on any atom is 0.161 e. The molecule has 3 aromatic rings. The number of nitrogens with zero attached hydrogens (tertiary/aromatic N) is 3. The van der Waals surface area contributed by atoms with Crippen molar-refractivity contribution in [1.29, 1.82) is 0 Å². The van der Waals surface area contributed by atoms with Crippen LogP contribution in [0.1, 0.15) is 23.9 Å². The van der Waals surface area contributed by atoms with Gasteiger partial charge in [-0.2, -0.15) is 0 Å². The Morgan fingerprint density at radius 2 is 1.89 bits per heavy atom. The molecule has 0 amide bonds. The van der Waals surface area contributed by atoms with Crippen LogP contribution >= 0.6 is 0 Å². The largest absolute Gasteiger partial charge is 0.493 e. The first-order valence-corrected chi connectivity index (χ1v) is 9.17. The number of rotatable bonds is 9. The van der Waals surface area contributed by atoms with Crippen molar-refractivity contribution in [1.82, 2.24) is 19.9 Å². The molecule has 1 aromatic carbocycles. The summed E-state index contributed by atoms with van der Waals surface area (Å²) in [6.07, 6.45) is 5.57. The first kappa shape index (κ1) is 19.6. The van der Waals surface area contributed by atoms with E-state index < -0.39 is 0 Å². The molecular formula is C22H26N4O2. The van der Waals surface area contributed by atoms with E-state index in [1.807, 2.05) is 55.1 Å². The van der Waals surface area contributed by atoms with Crippen LogP contribution in [-0.4, -0.2) is 28.3 Å². The van der Waals surface area contributed by atoms with Crippen molar-refractivity contribution < 1.29 is 9.47 Å². The molecule has 0 atom stereocenters. The molecule has 0 saturated carbocycles. The summed E-state index contributed by atoms with van der Waals surface area (Å²) in [6, 6.07) is 10.0. The SMILES string of the molecule is C=C(C)COc1cc(CNCc2ccc(-n3ccnc3C)nc2)ccc1OC. The van der Waals surface area contributed by atoms with Crippen LogP contribution in [0.5, 0.6) is 11.5 Å². The standard InChI is InChI=1S/C22H26N4O2/c1-16(2)15-28-21-11-18(5-7-20(21)27-4)12-23-13-19-6-8-22(25-14-19)26-10-9-24-17(26)3/h5-11,14,23H,1,12-13,15H2,2-4H3. The second-order valence-corrected chi connectivity index (χ2v) is 6.70. The summed E-state index contributed by atoms with van der Waals surface area (Å²) in [4.78, 5) is 8.75. The van der Waals surface area contributed by atoms with Crippen molar-refractivity contribution in [3.63, 3.8) is 0 Å². The Kier molecular flexibility index (Phi) is 6.45. The second-order valence-electron chi connectivity index (χ2n) is 6.70. The van der Waals surface area contributed by atoms with E-state index in [0.29, 0.717) is 6.61 Å². The molecule has 0 bridgehead atoms. The van der Waals surface area contributed by atoms with E-state index >= 15 is 0 Å². The lowest BCUT2D eigenvalue weighted by Gasteiger charge is -2.13. The highest BCUT2D eigenvalue weighted by atomic mass is 16.5. The van der Waals surface area contributed by atoms with Crippen molar-refractivity contribution >= 4 is 0 Å². The predicted molar refractivity (Wildman–Crippen MR) is 110 cm³/mol. The fraction of sp³-hybridized carbons (Fsp3) is 0.273. The number of imidazole rings is 1. The summed E-state index contributed by atoms with van der Waals surface area (Å²) >= 11 is 0. The average molecular weight is 378 g/mol. The molecule has 0 spiro atoms. The Hall–Kier alpha value is -3.12. The molecule has 0 radical (unpaired) electrons. The molecule has 0 saturated heterocycles. The highest BCUT2D eigenvalue weighted by Gasteiger charge is 2.07. The van der Waals surface area contributed by atoms with Gasteiger partial charge in [0.2, 0.25) is 0 Å². The van der Waals surface area contributed by atoms with Gasteiger partial charge in [0.25, 0.3) is 0 Å². The number of methoxy groups -OCH3 is 1. The maximum absolute atomic E-state index is 5.78. The van der Waals surface area contributed by atoms with Gasteiger partial charge in [0.05, 0.1) is 7.11 Å². The number of hydrogen-bond donors (Lipinski definition) is 1. The number of ether oxygens (including phenoxy) is 2. The molecule has 28 heavy (non-hydrogen) atoms. The first-order chi connectivity index (χ1) is 13.6. The minimum absolute atomic E-state index is 0.474. The summed E-state index contributed by atoms with van der Waals surface area (Å²) in [7, 11) is 1.64. The number of aryl methyl sites for hydroxylation is 1. The maximum atomic E-state index is 5.78. The summed E-state index contributed by atoms with van der Waals surface area (Å²) in [5, 5.41) is 3.44. The summed E-state index contributed by atoms with van der Waals surface area (Å²) < 4.78 is 13.1. The Labute approximate surface area is 165 Å². The van der Waals surface area contributed by atoms with E-state index in [9.17, 15) is 0 Å². The average Bonchev–Trinajstić information content (AvgIpc) is 3.13. The molecule has 0 fully saturated rings. The van der Waals surface area contributed by atoms with Crippen molar-refractivity contribution in [3.05, 3.63) is 78.0 Å². The predicted octanol–water partition coefficient (Wildman–Crippen LogP) is 3.83. The van der Waals surface area contributed by atoms with E-state index in [0.717, 1.165) is 52.9 Å². The molecular weight excluding hydrogens is 352 g/mol. The van der Waals surface area contributed by atoms with Gasteiger partial charge < -0.3 is 14.8 Å². The van der Waals surface area contributed by atoms with E-state index in [1.165, 1.54) is 0 Å². The van der Waals surface area contributed by atoms with Crippen LogP contribution in [0.2, 0.25) is 0 Å². The fourth-order valence-electron chi connectivity index (χ4n) is 2.78. The minimum Gasteiger partial charge on any atom is -0.493 e. The van der Waals surface area contributed by atoms with Gasteiger partial charge in [-0.05, 0) is 48.7 Å². The Morgan fingerprint density at radius 1 is 1.11 bits per heavy atom. The van der Waals surface area contributed by atoms with Crippen LogP contribution in [0.3, 0.4) is 0 Å². The lowest BCUT2D eigenvalue weighted by molar-refractivity contribution is 0.319. The zero-order valence-electron chi connectivity index (χ0n) is 16.6. The molecule has 0 aliphatic carbocycles. The fourth-order valence-corrected chi connectivity index (χ4v) is 2.78. The number of pyridine rings is 1. The van der Waals surface area contributed by atoms with E-state index in [2.05, 4.69) is 27.9 Å². The lowest BCUT2D eigenvalue weighted by Crippen LogP contribution is -2.13. The van der Waals surface area contributed by atoms with Crippen LogP contribution in [0, 0.1) is 6.92 Å². The molecule has 0 unspecified atom stereocenters. The summed E-state index contributed by atoms with van der Waals surface area (Å²) in [5.74, 6) is 3.24. The van der Waals surface area contributed by atoms with Gasteiger partial charge >= 0.3 is 0 Å². The monoisotopic (exact) mass is 378 g/mol. The molecule has 6 nitrogen and oxygen atoms in total. The van der Waals surface area contributed by atoms with E-state index in [4.69, 9.17) is 9.47 Å². The number of benzene rings is 1. The van der Waals surface area contributed by atoms with Crippen LogP contribution in [-0.2, 0) is 13.1 Å². The minimum atomic E-state index is 0.474. The first-order valence-electron chi connectivity index (χ1n) is 9.17. The molecule has 0 aliphatic rings. The van der Waals surface area contributed by atoms with Gasteiger partial charge in [-0.1, -0.05) is 18.7 Å². The topological polar surface area (TPSA) is 61.2 Å². The van der Waals surface area contributed by atoms with Crippen molar-refractivity contribution in [3.8, 4) is 17.3 Å². The molecule has 2 aromatic heterocycles. The van der Waals surface area contributed by atoms with Gasteiger partial charge in [-0.25, -0.2) is 9.97 Å². The number of nitrogens with one attached hydrogen (secondary N) is 1. The van der Waals surface area contributed by atoms with Crippen LogP contribution in [0.4, 0.5) is 0 Å². The van der Waals surface area contributed by atoms with Gasteiger partial charge in [-0.3, -0.25) is 4.57 Å². The number of aromatic nitrogens is 3. The quantitative estimate of drug-likeness (QED) is 0.574. The van der Waals surface area contributed by atoms with Gasteiger partial charge in [-0.15, -0.1) is 0 Å². The third-order valence-electron chi connectivity index (χ3n) is 4.24. The summed E-state index contributed by atoms with van der Waals surface area (Å²) in [5.41, 5.74) is 3.21. The van der Waals surface area contributed by atoms with Gasteiger partial charge in [0.15, 0.2) is 11.5 Å². The zero-order chi connectivity index (χ0) is 19.9. The van der Waals surface area contributed by atoms with E-state index in [1.54, 1.807) is 13.3 Å². The highest BCUT2D eigenvalue weighted by Crippen LogP contribution is 2.28. The normalized spacial score (nSPS) is 10.7. The van der Waals surface area contributed by atoms with Crippen LogP contribution in [0.25, 0.3) is 5.82 Å². The molecule has 3 rings (SSSR count). The molecule has 146 valence electrons. The number of hydrogen-bond acceptors (Lipinski definition) is 5. The van der Waals surface area contributed by atoms with E-state index in [-0.39, 0.29) is 0 Å². The van der Waals surface area contributed by atoms with Gasteiger partial charge in [0, 0.05) is 31.7 Å². The van der Waals surface area contributed by atoms with Crippen LogP contribution in [0.15, 0.2) is 61.1 Å².